The molecule has 0 aliphatic rings. The smallest absolute Gasteiger partial charge is 0.0839 e. The summed E-state index contributed by atoms with van der Waals surface area (Å²) in [5.41, 5.74) is 2.42. The number of rotatable bonds is 7. The van der Waals surface area contributed by atoms with Crippen LogP contribution in [-0.2, 0) is 17.2 Å². The zero-order valence-electron chi connectivity index (χ0n) is 12.8. The SMILES string of the molecule is Cc1ccc(S(=O)C[C@@H](O)/C=C/CCc2ccccc2)cc1. The predicted molar refractivity (Wildman–Crippen MR) is 92.4 cm³/mol. The van der Waals surface area contributed by atoms with Crippen LogP contribution in [0.3, 0.4) is 0 Å². The van der Waals surface area contributed by atoms with Crippen LogP contribution in [0.2, 0.25) is 0 Å². The highest BCUT2D eigenvalue weighted by atomic mass is 32.2. The van der Waals surface area contributed by atoms with E-state index in [4.69, 9.17) is 0 Å². The van der Waals surface area contributed by atoms with Crippen LogP contribution in [0.25, 0.3) is 0 Å². The average Bonchev–Trinajstić information content (AvgIpc) is 2.53. The number of hydrogen-bond acceptors (Lipinski definition) is 2. The summed E-state index contributed by atoms with van der Waals surface area (Å²) in [4.78, 5) is 0.766. The molecule has 2 aromatic rings. The Kier molecular flexibility index (Phi) is 6.56. The van der Waals surface area contributed by atoms with Crippen LogP contribution in [0.15, 0.2) is 71.6 Å². The van der Waals surface area contributed by atoms with Gasteiger partial charge < -0.3 is 5.11 Å². The molecule has 0 fully saturated rings. The van der Waals surface area contributed by atoms with E-state index in [9.17, 15) is 9.32 Å². The minimum absolute atomic E-state index is 0.241. The number of aliphatic hydroxyl groups is 1. The summed E-state index contributed by atoms with van der Waals surface area (Å²) >= 11 is 0. The number of aliphatic hydroxyl groups excluding tert-OH is 1. The molecule has 2 nitrogen and oxygen atoms in total. The molecule has 0 heterocycles. The van der Waals surface area contributed by atoms with Gasteiger partial charge in [0.05, 0.1) is 22.7 Å². The van der Waals surface area contributed by atoms with Crippen LogP contribution in [0, 0.1) is 6.92 Å². The Labute approximate surface area is 135 Å². The molecule has 0 bridgehead atoms. The molecule has 3 heteroatoms. The molecule has 0 radical (unpaired) electrons. The first-order valence-corrected chi connectivity index (χ1v) is 8.81. The van der Waals surface area contributed by atoms with Gasteiger partial charge in [0.15, 0.2) is 0 Å². The van der Waals surface area contributed by atoms with Crippen LogP contribution in [0.5, 0.6) is 0 Å². The Morgan fingerprint density at radius 2 is 1.77 bits per heavy atom. The number of benzene rings is 2. The Hall–Kier alpha value is -1.71. The zero-order chi connectivity index (χ0) is 15.8. The maximum absolute atomic E-state index is 12.1. The second kappa shape index (κ2) is 8.66. The predicted octanol–water partition coefficient (Wildman–Crippen LogP) is 3.65. The highest BCUT2D eigenvalue weighted by molar-refractivity contribution is 7.85. The van der Waals surface area contributed by atoms with E-state index in [1.807, 2.05) is 55.5 Å². The first-order chi connectivity index (χ1) is 10.6. The topological polar surface area (TPSA) is 37.3 Å². The van der Waals surface area contributed by atoms with E-state index >= 15 is 0 Å². The summed E-state index contributed by atoms with van der Waals surface area (Å²) in [6.07, 6.45) is 4.86. The Morgan fingerprint density at radius 1 is 1.09 bits per heavy atom. The van der Waals surface area contributed by atoms with Gasteiger partial charge >= 0.3 is 0 Å². The average molecular weight is 314 g/mol. The molecule has 116 valence electrons. The van der Waals surface area contributed by atoms with Gasteiger partial charge in [-0.05, 0) is 37.5 Å². The quantitative estimate of drug-likeness (QED) is 0.792. The third-order valence-electron chi connectivity index (χ3n) is 3.41. The molecule has 1 unspecified atom stereocenters. The normalized spacial score (nSPS) is 14.1. The summed E-state index contributed by atoms with van der Waals surface area (Å²) in [5.74, 6) is 0.241. The van der Waals surface area contributed by atoms with Crippen molar-refractivity contribution in [3.63, 3.8) is 0 Å². The molecular weight excluding hydrogens is 292 g/mol. The van der Waals surface area contributed by atoms with E-state index in [1.54, 1.807) is 6.08 Å². The minimum atomic E-state index is -1.16. The fourth-order valence-electron chi connectivity index (χ4n) is 2.14. The molecule has 0 aromatic heterocycles. The summed E-state index contributed by atoms with van der Waals surface area (Å²) in [6, 6.07) is 17.8. The van der Waals surface area contributed by atoms with E-state index in [0.717, 1.165) is 23.3 Å². The standard InChI is InChI=1S/C19H22O2S/c1-16-11-13-19(14-12-16)22(21)15-18(20)10-6-5-9-17-7-3-2-4-8-17/h2-4,6-8,10-14,18,20H,5,9,15H2,1H3/b10-6+/t18-,22?/m0/s1. The van der Waals surface area contributed by atoms with Gasteiger partial charge in [-0.2, -0.15) is 0 Å². The van der Waals surface area contributed by atoms with Crippen molar-refractivity contribution in [2.24, 2.45) is 0 Å². The highest BCUT2D eigenvalue weighted by Gasteiger charge is 2.08. The Bertz CT molecular complexity index is 618. The number of aryl methyl sites for hydroxylation is 2. The maximum atomic E-state index is 12.1. The molecule has 2 rings (SSSR count). The summed E-state index contributed by atoms with van der Waals surface area (Å²) < 4.78 is 12.1. The van der Waals surface area contributed by atoms with Gasteiger partial charge in [-0.3, -0.25) is 4.21 Å². The van der Waals surface area contributed by atoms with Crippen molar-refractivity contribution in [3.05, 3.63) is 77.9 Å². The second-order valence-electron chi connectivity index (χ2n) is 5.35. The van der Waals surface area contributed by atoms with Crippen molar-refractivity contribution >= 4 is 10.8 Å². The van der Waals surface area contributed by atoms with Crippen LogP contribution in [0.4, 0.5) is 0 Å². The second-order valence-corrected chi connectivity index (χ2v) is 6.84. The lowest BCUT2D eigenvalue weighted by atomic mass is 10.1. The lowest BCUT2D eigenvalue weighted by Crippen LogP contribution is -2.14. The van der Waals surface area contributed by atoms with Gasteiger partial charge in [0, 0.05) is 4.90 Å². The fraction of sp³-hybridized carbons (Fsp3) is 0.263. The van der Waals surface area contributed by atoms with Crippen molar-refractivity contribution in [2.45, 2.75) is 30.8 Å². The first kappa shape index (κ1) is 16.7. The van der Waals surface area contributed by atoms with Crippen molar-refractivity contribution in [1.29, 1.82) is 0 Å². The van der Waals surface area contributed by atoms with Gasteiger partial charge in [-0.1, -0.05) is 60.2 Å². The largest absolute Gasteiger partial charge is 0.388 e. The van der Waals surface area contributed by atoms with Crippen LogP contribution < -0.4 is 0 Å². The zero-order valence-corrected chi connectivity index (χ0v) is 13.6. The van der Waals surface area contributed by atoms with E-state index in [1.165, 1.54) is 5.56 Å². The molecule has 0 aliphatic carbocycles. The third kappa shape index (κ3) is 5.58. The van der Waals surface area contributed by atoms with Gasteiger partial charge in [0.2, 0.25) is 0 Å². The molecule has 0 saturated heterocycles. The summed E-state index contributed by atoms with van der Waals surface area (Å²) in [7, 11) is -1.16. The van der Waals surface area contributed by atoms with Crippen LogP contribution in [0.1, 0.15) is 17.5 Å². The molecule has 2 aromatic carbocycles. The molecule has 0 aliphatic heterocycles. The molecule has 22 heavy (non-hydrogen) atoms. The molecular formula is C19H22O2S. The number of allylic oxidation sites excluding steroid dienone is 1. The molecule has 0 amide bonds. The number of hydrogen-bond donors (Lipinski definition) is 1. The van der Waals surface area contributed by atoms with Crippen molar-refractivity contribution < 1.29 is 9.32 Å². The van der Waals surface area contributed by atoms with E-state index < -0.39 is 16.9 Å². The van der Waals surface area contributed by atoms with Crippen molar-refractivity contribution in [2.75, 3.05) is 5.75 Å². The molecule has 0 saturated carbocycles. The van der Waals surface area contributed by atoms with Gasteiger partial charge in [0.25, 0.3) is 0 Å². The highest BCUT2D eigenvalue weighted by Crippen LogP contribution is 2.10. The van der Waals surface area contributed by atoms with E-state index in [2.05, 4.69) is 12.1 Å². The van der Waals surface area contributed by atoms with Gasteiger partial charge in [-0.15, -0.1) is 0 Å². The maximum Gasteiger partial charge on any atom is 0.0839 e. The van der Waals surface area contributed by atoms with Gasteiger partial charge in [-0.25, -0.2) is 0 Å². The lowest BCUT2D eigenvalue weighted by Gasteiger charge is -2.06. The Morgan fingerprint density at radius 3 is 2.45 bits per heavy atom. The fourth-order valence-corrected chi connectivity index (χ4v) is 3.20. The minimum Gasteiger partial charge on any atom is -0.388 e. The van der Waals surface area contributed by atoms with E-state index in [-0.39, 0.29) is 5.75 Å². The van der Waals surface area contributed by atoms with Crippen LogP contribution in [-0.4, -0.2) is 21.2 Å². The lowest BCUT2D eigenvalue weighted by molar-refractivity contribution is 0.247. The van der Waals surface area contributed by atoms with Crippen molar-refractivity contribution in [3.8, 4) is 0 Å². The van der Waals surface area contributed by atoms with Gasteiger partial charge in [0.1, 0.15) is 0 Å². The Balaban J connectivity index is 1.77. The molecule has 0 spiro atoms. The van der Waals surface area contributed by atoms with E-state index in [0.29, 0.717) is 0 Å². The summed E-state index contributed by atoms with van der Waals surface area (Å²) in [6.45, 7) is 2.00. The summed E-state index contributed by atoms with van der Waals surface area (Å²) in [5, 5.41) is 9.95. The molecule has 1 N–H and O–H groups in total. The molecule has 2 atom stereocenters. The van der Waals surface area contributed by atoms with Crippen LogP contribution >= 0.6 is 0 Å². The first-order valence-electron chi connectivity index (χ1n) is 7.49. The third-order valence-corrected chi connectivity index (χ3v) is 4.85. The van der Waals surface area contributed by atoms with Crippen molar-refractivity contribution in [1.82, 2.24) is 0 Å². The monoisotopic (exact) mass is 314 g/mol.